The number of carbonyl (C=O) groups is 1. The average Bonchev–Trinajstić information content (AvgIpc) is 2.69. The summed E-state index contributed by atoms with van der Waals surface area (Å²) in [7, 11) is 0. The van der Waals surface area contributed by atoms with Crippen LogP contribution in [0.3, 0.4) is 0 Å². The van der Waals surface area contributed by atoms with Crippen LogP contribution >= 0.6 is 24.0 Å². The van der Waals surface area contributed by atoms with E-state index in [2.05, 4.69) is 41.8 Å². The Morgan fingerprint density at radius 1 is 1.11 bits per heavy atom. The average molecular weight is 405 g/mol. The fourth-order valence-corrected chi connectivity index (χ4v) is 3.68. The molecule has 0 spiro atoms. The zero-order valence-electron chi connectivity index (χ0n) is 15.4. The van der Waals surface area contributed by atoms with Crippen LogP contribution in [0.4, 0.5) is 5.69 Å². The molecule has 0 bridgehead atoms. The number of halogens is 2. The van der Waals surface area contributed by atoms with Crippen molar-refractivity contribution in [1.82, 2.24) is 4.90 Å². The van der Waals surface area contributed by atoms with Gasteiger partial charge in [-0.3, -0.25) is 4.79 Å². The summed E-state index contributed by atoms with van der Waals surface area (Å²) in [4.78, 5) is 16.8. The molecule has 0 aromatic heterocycles. The monoisotopic (exact) mass is 404 g/mol. The van der Waals surface area contributed by atoms with Gasteiger partial charge in [-0.25, -0.2) is 0 Å². The van der Waals surface area contributed by atoms with Crippen LogP contribution in [0.2, 0.25) is 5.02 Å². The molecule has 1 saturated heterocycles. The van der Waals surface area contributed by atoms with Gasteiger partial charge in [-0.15, -0.1) is 12.4 Å². The SMILES string of the molecule is C=CC(=O)N(c1ccc(Cl)cc1)C1CCN(CCc2ccccc2)CC1.Cl. The zero-order chi connectivity index (χ0) is 18.4. The van der Waals surface area contributed by atoms with Crippen molar-refractivity contribution < 1.29 is 4.79 Å². The largest absolute Gasteiger partial charge is 0.306 e. The highest BCUT2D eigenvalue weighted by Gasteiger charge is 2.27. The first kappa shape index (κ1) is 21.5. The number of amides is 1. The molecule has 1 amide bonds. The van der Waals surface area contributed by atoms with Crippen molar-refractivity contribution in [3.8, 4) is 0 Å². The van der Waals surface area contributed by atoms with E-state index in [1.54, 1.807) is 0 Å². The minimum Gasteiger partial charge on any atom is -0.306 e. The van der Waals surface area contributed by atoms with E-state index in [-0.39, 0.29) is 24.4 Å². The zero-order valence-corrected chi connectivity index (χ0v) is 17.0. The number of rotatable bonds is 6. The molecule has 0 unspecified atom stereocenters. The molecule has 1 heterocycles. The Kier molecular flexibility index (Phi) is 8.36. The number of carbonyl (C=O) groups excluding carboxylic acids is 1. The van der Waals surface area contributed by atoms with Crippen LogP contribution in [0, 0.1) is 0 Å². The molecular formula is C22H26Cl2N2O. The smallest absolute Gasteiger partial charge is 0.250 e. The van der Waals surface area contributed by atoms with E-state index >= 15 is 0 Å². The fraction of sp³-hybridized carbons (Fsp3) is 0.318. The lowest BCUT2D eigenvalue weighted by Crippen LogP contribution is -2.47. The van der Waals surface area contributed by atoms with Crippen molar-refractivity contribution in [2.24, 2.45) is 0 Å². The standard InChI is InChI=1S/C22H25ClN2O.ClH/c1-2-22(26)25(20-10-8-19(23)9-11-20)21-13-16-24(17-14-21)15-12-18-6-4-3-5-7-18;/h2-11,21H,1,12-17H2;1H. The van der Waals surface area contributed by atoms with Gasteiger partial charge in [0.2, 0.25) is 0 Å². The summed E-state index contributed by atoms with van der Waals surface area (Å²) in [5.74, 6) is -0.0462. The van der Waals surface area contributed by atoms with E-state index < -0.39 is 0 Å². The second-order valence-corrected chi connectivity index (χ2v) is 7.13. The Balaban J connectivity index is 0.00000261. The lowest BCUT2D eigenvalue weighted by Gasteiger charge is -2.38. The van der Waals surface area contributed by atoms with E-state index in [4.69, 9.17) is 11.6 Å². The third kappa shape index (κ3) is 5.83. The first-order valence-corrected chi connectivity index (χ1v) is 9.52. The lowest BCUT2D eigenvalue weighted by molar-refractivity contribution is -0.114. The molecule has 0 atom stereocenters. The van der Waals surface area contributed by atoms with Gasteiger partial charge >= 0.3 is 0 Å². The molecule has 0 saturated carbocycles. The van der Waals surface area contributed by atoms with Crippen molar-refractivity contribution in [3.63, 3.8) is 0 Å². The van der Waals surface area contributed by atoms with Gasteiger partial charge in [-0.1, -0.05) is 48.5 Å². The maximum Gasteiger partial charge on any atom is 0.250 e. The summed E-state index contributed by atoms with van der Waals surface area (Å²) in [6, 6.07) is 18.3. The number of nitrogens with zero attached hydrogens (tertiary/aromatic N) is 2. The van der Waals surface area contributed by atoms with Gasteiger partial charge in [-0.05, 0) is 55.2 Å². The molecule has 1 fully saturated rings. The quantitative estimate of drug-likeness (QED) is 0.633. The van der Waals surface area contributed by atoms with Crippen LogP contribution in [0.5, 0.6) is 0 Å². The second-order valence-electron chi connectivity index (χ2n) is 6.70. The topological polar surface area (TPSA) is 23.6 Å². The Morgan fingerprint density at radius 3 is 2.33 bits per heavy atom. The van der Waals surface area contributed by atoms with E-state index in [9.17, 15) is 4.79 Å². The van der Waals surface area contributed by atoms with Crippen molar-refractivity contribution in [2.45, 2.75) is 25.3 Å². The number of likely N-dealkylation sites (tertiary alicyclic amines) is 1. The molecule has 1 aliphatic heterocycles. The molecule has 3 rings (SSSR count). The highest BCUT2D eigenvalue weighted by Crippen LogP contribution is 2.26. The molecule has 144 valence electrons. The Hall–Kier alpha value is -1.81. The van der Waals surface area contributed by atoms with Gasteiger partial charge in [0.1, 0.15) is 0 Å². The van der Waals surface area contributed by atoms with Gasteiger partial charge < -0.3 is 9.80 Å². The van der Waals surface area contributed by atoms with Crippen LogP contribution in [0.1, 0.15) is 18.4 Å². The molecule has 0 radical (unpaired) electrons. The minimum atomic E-state index is -0.0462. The van der Waals surface area contributed by atoms with Gasteiger partial charge in [-0.2, -0.15) is 0 Å². The van der Waals surface area contributed by atoms with Gasteiger partial charge in [0, 0.05) is 36.4 Å². The Morgan fingerprint density at radius 2 is 1.74 bits per heavy atom. The summed E-state index contributed by atoms with van der Waals surface area (Å²) in [5.41, 5.74) is 2.27. The molecule has 2 aromatic rings. The molecule has 0 aliphatic carbocycles. The molecular weight excluding hydrogens is 379 g/mol. The number of hydrogen-bond acceptors (Lipinski definition) is 2. The molecule has 1 aliphatic rings. The second kappa shape index (κ2) is 10.5. The summed E-state index contributed by atoms with van der Waals surface area (Å²) >= 11 is 5.99. The maximum absolute atomic E-state index is 12.5. The lowest BCUT2D eigenvalue weighted by atomic mass is 10.0. The minimum absolute atomic E-state index is 0. The molecule has 5 heteroatoms. The Labute approximate surface area is 173 Å². The maximum atomic E-state index is 12.5. The van der Waals surface area contributed by atoms with Gasteiger partial charge in [0.05, 0.1) is 0 Å². The number of benzene rings is 2. The van der Waals surface area contributed by atoms with E-state index in [1.807, 2.05) is 29.2 Å². The first-order chi connectivity index (χ1) is 12.7. The van der Waals surface area contributed by atoms with Crippen LogP contribution in [-0.2, 0) is 11.2 Å². The van der Waals surface area contributed by atoms with Crippen molar-refractivity contribution >= 4 is 35.6 Å². The summed E-state index contributed by atoms with van der Waals surface area (Å²) in [5, 5.41) is 0.676. The summed E-state index contributed by atoms with van der Waals surface area (Å²) < 4.78 is 0. The van der Waals surface area contributed by atoms with Gasteiger partial charge in [0.25, 0.3) is 5.91 Å². The predicted molar refractivity (Wildman–Crippen MR) is 116 cm³/mol. The van der Waals surface area contributed by atoms with Crippen LogP contribution < -0.4 is 4.90 Å². The van der Waals surface area contributed by atoms with E-state index in [0.29, 0.717) is 5.02 Å². The first-order valence-electron chi connectivity index (χ1n) is 9.15. The molecule has 27 heavy (non-hydrogen) atoms. The van der Waals surface area contributed by atoms with E-state index in [1.165, 1.54) is 11.6 Å². The van der Waals surface area contributed by atoms with Crippen LogP contribution in [-0.4, -0.2) is 36.5 Å². The van der Waals surface area contributed by atoms with Crippen molar-refractivity contribution in [3.05, 3.63) is 77.8 Å². The fourth-order valence-electron chi connectivity index (χ4n) is 3.55. The molecule has 0 N–H and O–H groups in total. The highest BCUT2D eigenvalue weighted by atomic mass is 35.5. The number of piperidine rings is 1. The van der Waals surface area contributed by atoms with Crippen molar-refractivity contribution in [2.75, 3.05) is 24.5 Å². The summed E-state index contributed by atoms with van der Waals surface area (Å²) in [6.07, 6.45) is 4.41. The van der Waals surface area contributed by atoms with Gasteiger partial charge in [0.15, 0.2) is 0 Å². The van der Waals surface area contributed by atoms with Crippen LogP contribution in [0.15, 0.2) is 67.3 Å². The third-order valence-corrected chi connectivity index (χ3v) is 5.25. The van der Waals surface area contributed by atoms with Crippen LogP contribution in [0.25, 0.3) is 0 Å². The highest BCUT2D eigenvalue weighted by molar-refractivity contribution is 6.30. The number of anilines is 1. The Bertz CT molecular complexity index is 726. The molecule has 2 aromatic carbocycles. The number of hydrogen-bond donors (Lipinski definition) is 0. The third-order valence-electron chi connectivity index (χ3n) is 5.00. The molecule has 3 nitrogen and oxygen atoms in total. The summed E-state index contributed by atoms with van der Waals surface area (Å²) in [6.45, 7) is 6.74. The van der Waals surface area contributed by atoms with Crippen molar-refractivity contribution in [1.29, 1.82) is 0 Å². The normalized spacial score (nSPS) is 15.0. The predicted octanol–water partition coefficient (Wildman–Crippen LogP) is 4.99. The van der Waals surface area contributed by atoms with E-state index in [0.717, 1.165) is 44.6 Å².